The Labute approximate surface area is 203 Å². The number of hydrogen-bond donors (Lipinski definition) is 2. The molecule has 8 atom stereocenters. The molecule has 4 aliphatic carbocycles. The first-order chi connectivity index (χ1) is 16.6. The SMILES string of the molecule is CC12CCC3C(CCC4(O)CC(OC(=O)CN=[N+]=[N-])CCC34C=O)C1(O)CCC2C1=CC(=O)OC1. The summed E-state index contributed by atoms with van der Waals surface area (Å²) >= 11 is 0. The number of azide groups is 1. The number of aldehydes is 1. The normalized spacial score (nSPS) is 46.3. The lowest BCUT2D eigenvalue weighted by Crippen LogP contribution is -2.69. The van der Waals surface area contributed by atoms with Crippen LogP contribution in [0, 0.1) is 28.6 Å². The molecule has 0 spiro atoms. The molecule has 4 fully saturated rings. The molecule has 190 valence electrons. The summed E-state index contributed by atoms with van der Waals surface area (Å²) < 4.78 is 10.6. The Bertz CT molecular complexity index is 1020. The average Bonchev–Trinajstić information content (AvgIpc) is 3.37. The Morgan fingerprint density at radius 3 is 2.69 bits per heavy atom. The quantitative estimate of drug-likeness (QED) is 0.198. The number of hydrogen-bond acceptors (Lipinski definition) is 8. The minimum absolute atomic E-state index is 0.0547. The van der Waals surface area contributed by atoms with Crippen LogP contribution < -0.4 is 0 Å². The smallest absolute Gasteiger partial charge is 0.331 e. The molecule has 4 saturated carbocycles. The van der Waals surface area contributed by atoms with Crippen molar-refractivity contribution in [2.75, 3.05) is 13.2 Å². The molecule has 0 aromatic heterocycles. The molecule has 0 radical (unpaired) electrons. The lowest BCUT2D eigenvalue weighted by Gasteiger charge is -2.65. The number of ether oxygens (including phenoxy) is 2. The number of esters is 2. The summed E-state index contributed by atoms with van der Waals surface area (Å²) in [7, 11) is 0. The Morgan fingerprint density at radius 1 is 1.23 bits per heavy atom. The molecule has 2 N–H and O–H groups in total. The van der Waals surface area contributed by atoms with Crippen LogP contribution in [-0.4, -0.2) is 58.9 Å². The molecule has 10 nitrogen and oxygen atoms in total. The molecule has 1 aliphatic heterocycles. The van der Waals surface area contributed by atoms with Crippen molar-refractivity contribution in [1.82, 2.24) is 0 Å². The standard InChI is InChI=1S/C25H33N3O7/c1-22-6-3-18-19(25(22,33)9-5-17(22)15-10-20(30)34-13-15)4-8-24(32)11-16(2-7-23(18,24)14-29)35-21(31)12-27-28-26/h10,14,16-19,32-33H,2-9,11-13H2,1H3. The summed E-state index contributed by atoms with van der Waals surface area (Å²) in [6.07, 6.45) is 6.54. The highest BCUT2D eigenvalue weighted by Gasteiger charge is 2.71. The zero-order valence-corrected chi connectivity index (χ0v) is 20.0. The van der Waals surface area contributed by atoms with Crippen molar-refractivity contribution in [2.24, 2.45) is 33.7 Å². The molecule has 5 aliphatic rings. The van der Waals surface area contributed by atoms with E-state index >= 15 is 0 Å². The van der Waals surface area contributed by atoms with Crippen LogP contribution in [0.25, 0.3) is 10.4 Å². The third kappa shape index (κ3) is 3.37. The third-order valence-electron chi connectivity index (χ3n) is 10.4. The summed E-state index contributed by atoms with van der Waals surface area (Å²) in [6.45, 7) is 1.98. The van der Waals surface area contributed by atoms with Crippen molar-refractivity contribution in [3.63, 3.8) is 0 Å². The van der Waals surface area contributed by atoms with Gasteiger partial charge in [-0.05, 0) is 80.2 Å². The van der Waals surface area contributed by atoms with E-state index in [-0.39, 0.29) is 36.8 Å². The van der Waals surface area contributed by atoms with Crippen LogP contribution in [0.5, 0.6) is 0 Å². The van der Waals surface area contributed by atoms with Gasteiger partial charge in [-0.15, -0.1) is 0 Å². The highest BCUT2D eigenvalue weighted by molar-refractivity contribution is 5.85. The van der Waals surface area contributed by atoms with Crippen LogP contribution in [-0.2, 0) is 23.9 Å². The largest absolute Gasteiger partial charge is 0.462 e. The molecular formula is C25H33N3O7. The minimum Gasteiger partial charge on any atom is -0.462 e. The summed E-state index contributed by atoms with van der Waals surface area (Å²) in [5, 5.41) is 27.3. The van der Waals surface area contributed by atoms with Crippen molar-refractivity contribution in [1.29, 1.82) is 0 Å². The maximum atomic E-state index is 12.8. The lowest BCUT2D eigenvalue weighted by molar-refractivity contribution is -0.249. The first kappa shape index (κ1) is 24.3. The monoisotopic (exact) mass is 487 g/mol. The number of aliphatic hydroxyl groups is 2. The van der Waals surface area contributed by atoms with E-state index in [0.29, 0.717) is 44.9 Å². The fourth-order valence-electron chi connectivity index (χ4n) is 8.73. The van der Waals surface area contributed by atoms with Gasteiger partial charge in [-0.2, -0.15) is 0 Å². The third-order valence-corrected chi connectivity index (χ3v) is 10.4. The van der Waals surface area contributed by atoms with Gasteiger partial charge in [-0.1, -0.05) is 12.0 Å². The van der Waals surface area contributed by atoms with E-state index in [1.807, 2.05) is 0 Å². The summed E-state index contributed by atoms with van der Waals surface area (Å²) in [4.78, 5) is 39.0. The molecule has 0 amide bonds. The number of rotatable bonds is 5. The minimum atomic E-state index is -1.33. The van der Waals surface area contributed by atoms with Crippen molar-refractivity contribution < 1.29 is 34.1 Å². The molecule has 0 aromatic rings. The van der Waals surface area contributed by atoms with E-state index in [1.54, 1.807) is 6.08 Å². The Hall–Kier alpha value is -2.42. The molecule has 10 heteroatoms. The van der Waals surface area contributed by atoms with Crippen LogP contribution in [0.15, 0.2) is 16.8 Å². The molecule has 35 heavy (non-hydrogen) atoms. The van der Waals surface area contributed by atoms with Crippen LogP contribution in [0.2, 0.25) is 0 Å². The van der Waals surface area contributed by atoms with Crippen molar-refractivity contribution in [3.8, 4) is 0 Å². The summed E-state index contributed by atoms with van der Waals surface area (Å²) in [6, 6.07) is 0. The fraction of sp³-hybridized carbons (Fsp3) is 0.800. The molecule has 0 aromatic carbocycles. The van der Waals surface area contributed by atoms with Crippen LogP contribution in [0.1, 0.15) is 64.7 Å². The van der Waals surface area contributed by atoms with Crippen molar-refractivity contribution in [3.05, 3.63) is 22.1 Å². The second-order valence-electron chi connectivity index (χ2n) is 11.5. The number of carbonyl (C=O) groups is 3. The Balaban J connectivity index is 1.40. The maximum absolute atomic E-state index is 12.8. The second kappa shape index (κ2) is 8.32. The van der Waals surface area contributed by atoms with Gasteiger partial charge in [0.25, 0.3) is 0 Å². The zero-order valence-electron chi connectivity index (χ0n) is 20.0. The molecule has 8 unspecified atom stereocenters. The topological polar surface area (TPSA) is 159 Å². The fourth-order valence-corrected chi connectivity index (χ4v) is 8.73. The zero-order chi connectivity index (χ0) is 25.1. The highest BCUT2D eigenvalue weighted by Crippen LogP contribution is 2.70. The Morgan fingerprint density at radius 2 is 2.00 bits per heavy atom. The lowest BCUT2D eigenvalue weighted by atomic mass is 9.41. The number of cyclic esters (lactones) is 1. The van der Waals surface area contributed by atoms with Gasteiger partial charge in [0.1, 0.15) is 25.5 Å². The van der Waals surface area contributed by atoms with E-state index in [4.69, 9.17) is 15.0 Å². The van der Waals surface area contributed by atoms with Gasteiger partial charge >= 0.3 is 11.9 Å². The van der Waals surface area contributed by atoms with Gasteiger partial charge in [-0.25, -0.2) is 4.79 Å². The number of fused-ring (bicyclic) bond motifs is 5. The van der Waals surface area contributed by atoms with Gasteiger partial charge in [0, 0.05) is 22.8 Å². The average molecular weight is 488 g/mol. The van der Waals surface area contributed by atoms with E-state index in [9.17, 15) is 24.6 Å². The van der Waals surface area contributed by atoms with Crippen molar-refractivity contribution >= 4 is 18.2 Å². The van der Waals surface area contributed by atoms with Crippen LogP contribution in [0.4, 0.5) is 0 Å². The summed E-state index contributed by atoms with van der Waals surface area (Å²) in [5.74, 6) is -1.23. The molecule has 1 heterocycles. The summed E-state index contributed by atoms with van der Waals surface area (Å²) in [5.41, 5.74) is 5.60. The first-order valence-corrected chi connectivity index (χ1v) is 12.6. The molecule has 5 rings (SSSR count). The first-order valence-electron chi connectivity index (χ1n) is 12.6. The van der Waals surface area contributed by atoms with Crippen LogP contribution >= 0.6 is 0 Å². The van der Waals surface area contributed by atoms with Gasteiger partial charge in [-0.3, -0.25) is 4.79 Å². The van der Waals surface area contributed by atoms with E-state index < -0.39 is 40.7 Å². The van der Waals surface area contributed by atoms with E-state index in [2.05, 4.69) is 16.9 Å². The van der Waals surface area contributed by atoms with Crippen molar-refractivity contribution in [2.45, 2.75) is 82.0 Å². The molecular weight excluding hydrogens is 454 g/mol. The van der Waals surface area contributed by atoms with Gasteiger partial charge in [0.15, 0.2) is 0 Å². The van der Waals surface area contributed by atoms with E-state index in [1.165, 1.54) is 0 Å². The van der Waals surface area contributed by atoms with Gasteiger partial charge in [0.05, 0.1) is 16.6 Å². The maximum Gasteiger partial charge on any atom is 0.331 e. The number of nitrogens with zero attached hydrogens (tertiary/aromatic N) is 3. The van der Waals surface area contributed by atoms with Gasteiger partial charge < -0.3 is 24.5 Å². The second-order valence-corrected chi connectivity index (χ2v) is 11.5. The highest BCUT2D eigenvalue weighted by atomic mass is 16.5. The predicted molar refractivity (Wildman–Crippen MR) is 121 cm³/mol. The predicted octanol–water partition coefficient (Wildman–Crippen LogP) is 2.76. The van der Waals surface area contributed by atoms with Gasteiger partial charge in [0.2, 0.25) is 0 Å². The molecule has 0 saturated heterocycles. The number of carbonyl (C=O) groups excluding carboxylic acids is 3. The Kier molecular flexibility index (Phi) is 5.77. The van der Waals surface area contributed by atoms with E-state index in [0.717, 1.165) is 18.3 Å². The van der Waals surface area contributed by atoms with Crippen LogP contribution in [0.3, 0.4) is 0 Å². The molecule has 0 bridgehead atoms.